The van der Waals surface area contributed by atoms with Crippen LogP contribution in [0.25, 0.3) is 17.0 Å². The SMILES string of the molecule is O=C1C(=Cc2c[nH]c3ccccc23)COc2ccccc21. The lowest BCUT2D eigenvalue weighted by Crippen LogP contribution is -2.18. The number of ketones is 1. The Hall–Kier alpha value is -2.81. The number of rotatable bonds is 1. The fourth-order valence-electron chi connectivity index (χ4n) is 2.68. The molecule has 0 fully saturated rings. The third-order valence-corrected chi connectivity index (χ3v) is 3.76. The molecule has 0 saturated heterocycles. The molecule has 0 amide bonds. The number of Topliss-reactive ketones (excluding diaryl/α,β-unsaturated/α-hetero) is 1. The van der Waals surface area contributed by atoms with Gasteiger partial charge in [0.15, 0.2) is 5.78 Å². The molecule has 1 aliphatic rings. The van der Waals surface area contributed by atoms with Crippen LogP contribution in [-0.4, -0.2) is 17.4 Å². The van der Waals surface area contributed by atoms with Gasteiger partial charge in [0.05, 0.1) is 5.56 Å². The molecule has 2 heterocycles. The molecule has 0 saturated carbocycles. The Morgan fingerprint density at radius 2 is 1.86 bits per heavy atom. The molecule has 0 aliphatic carbocycles. The van der Waals surface area contributed by atoms with Crippen LogP contribution in [0.4, 0.5) is 0 Å². The third-order valence-electron chi connectivity index (χ3n) is 3.76. The molecule has 102 valence electrons. The van der Waals surface area contributed by atoms with Gasteiger partial charge in [0.25, 0.3) is 0 Å². The number of hydrogen-bond acceptors (Lipinski definition) is 2. The topological polar surface area (TPSA) is 42.1 Å². The van der Waals surface area contributed by atoms with E-state index in [4.69, 9.17) is 4.74 Å². The van der Waals surface area contributed by atoms with E-state index in [2.05, 4.69) is 4.98 Å². The first-order valence-electron chi connectivity index (χ1n) is 6.86. The van der Waals surface area contributed by atoms with Crippen LogP contribution in [0.2, 0.25) is 0 Å². The van der Waals surface area contributed by atoms with Crippen molar-refractivity contribution < 1.29 is 9.53 Å². The summed E-state index contributed by atoms with van der Waals surface area (Å²) in [5, 5.41) is 1.11. The molecule has 3 nitrogen and oxygen atoms in total. The average molecular weight is 275 g/mol. The quantitative estimate of drug-likeness (QED) is 0.686. The van der Waals surface area contributed by atoms with Crippen LogP contribution in [-0.2, 0) is 0 Å². The highest BCUT2D eigenvalue weighted by Gasteiger charge is 2.22. The van der Waals surface area contributed by atoms with E-state index in [1.165, 1.54) is 0 Å². The van der Waals surface area contributed by atoms with Gasteiger partial charge >= 0.3 is 0 Å². The summed E-state index contributed by atoms with van der Waals surface area (Å²) in [7, 11) is 0. The Kier molecular flexibility index (Phi) is 2.64. The zero-order chi connectivity index (χ0) is 14.2. The highest BCUT2D eigenvalue weighted by molar-refractivity contribution is 6.14. The number of fused-ring (bicyclic) bond motifs is 2. The first kappa shape index (κ1) is 12.0. The Labute approximate surface area is 121 Å². The van der Waals surface area contributed by atoms with Crippen molar-refractivity contribution in [3.05, 3.63) is 71.4 Å². The zero-order valence-corrected chi connectivity index (χ0v) is 11.3. The summed E-state index contributed by atoms with van der Waals surface area (Å²) in [5.74, 6) is 0.709. The number of carbonyl (C=O) groups excluding carboxylic acids is 1. The first-order chi connectivity index (χ1) is 10.3. The van der Waals surface area contributed by atoms with Crippen LogP contribution in [0.1, 0.15) is 15.9 Å². The van der Waals surface area contributed by atoms with Gasteiger partial charge in [0, 0.05) is 28.2 Å². The second kappa shape index (κ2) is 4.63. The van der Waals surface area contributed by atoms with Crippen LogP contribution in [0.5, 0.6) is 5.75 Å². The Balaban J connectivity index is 1.79. The highest BCUT2D eigenvalue weighted by Crippen LogP contribution is 2.28. The minimum Gasteiger partial charge on any atom is -0.488 e. The fraction of sp³-hybridized carbons (Fsp3) is 0.0556. The number of H-pyrrole nitrogens is 1. The number of nitrogens with one attached hydrogen (secondary N) is 1. The van der Waals surface area contributed by atoms with Gasteiger partial charge in [-0.05, 0) is 24.3 Å². The van der Waals surface area contributed by atoms with Crippen molar-refractivity contribution in [2.45, 2.75) is 0 Å². The van der Waals surface area contributed by atoms with Gasteiger partial charge in [0.2, 0.25) is 0 Å². The van der Waals surface area contributed by atoms with Gasteiger partial charge in [0.1, 0.15) is 12.4 Å². The van der Waals surface area contributed by atoms with Crippen molar-refractivity contribution in [1.29, 1.82) is 0 Å². The number of ether oxygens (including phenoxy) is 1. The largest absolute Gasteiger partial charge is 0.488 e. The van der Waals surface area contributed by atoms with Crippen molar-refractivity contribution in [3.8, 4) is 5.75 Å². The van der Waals surface area contributed by atoms with Crippen LogP contribution in [0, 0.1) is 0 Å². The molecule has 0 unspecified atom stereocenters. The lowest BCUT2D eigenvalue weighted by molar-refractivity contribution is 0.100. The third kappa shape index (κ3) is 1.94. The van der Waals surface area contributed by atoms with Gasteiger partial charge < -0.3 is 9.72 Å². The highest BCUT2D eigenvalue weighted by atomic mass is 16.5. The van der Waals surface area contributed by atoms with Gasteiger partial charge in [-0.1, -0.05) is 30.3 Å². The molecular weight excluding hydrogens is 262 g/mol. The summed E-state index contributed by atoms with van der Waals surface area (Å²) >= 11 is 0. The molecule has 3 heteroatoms. The van der Waals surface area contributed by atoms with Crippen molar-refractivity contribution in [2.24, 2.45) is 0 Å². The predicted molar refractivity (Wildman–Crippen MR) is 82.5 cm³/mol. The minimum atomic E-state index is 0.0436. The van der Waals surface area contributed by atoms with Crippen molar-refractivity contribution in [3.63, 3.8) is 0 Å². The van der Waals surface area contributed by atoms with Crippen molar-refractivity contribution >= 4 is 22.8 Å². The van der Waals surface area contributed by atoms with Gasteiger partial charge in [-0.15, -0.1) is 0 Å². The van der Waals surface area contributed by atoms with Gasteiger partial charge in [-0.25, -0.2) is 0 Å². The predicted octanol–water partition coefficient (Wildman–Crippen LogP) is 3.83. The molecule has 1 aliphatic heterocycles. The number of para-hydroxylation sites is 2. The maximum absolute atomic E-state index is 12.5. The van der Waals surface area contributed by atoms with E-state index in [1.807, 2.05) is 54.7 Å². The standard InChI is InChI=1S/C18H13NO2/c20-18-13(11-21-17-8-4-2-6-15(17)18)9-12-10-19-16-7-3-1-5-14(12)16/h1-10,19H,11H2. The number of carbonyl (C=O) groups is 1. The van der Waals surface area contributed by atoms with Crippen LogP contribution in [0.15, 0.2) is 60.3 Å². The van der Waals surface area contributed by atoms with Crippen molar-refractivity contribution in [1.82, 2.24) is 4.98 Å². The van der Waals surface area contributed by atoms with Crippen LogP contribution < -0.4 is 4.74 Å². The smallest absolute Gasteiger partial charge is 0.196 e. The number of benzene rings is 2. The molecule has 1 N–H and O–H groups in total. The molecular formula is C18H13NO2. The van der Waals surface area contributed by atoms with E-state index in [1.54, 1.807) is 6.07 Å². The summed E-state index contributed by atoms with van der Waals surface area (Å²) in [4.78, 5) is 15.7. The molecule has 4 rings (SSSR count). The molecule has 0 spiro atoms. The van der Waals surface area contributed by atoms with E-state index in [-0.39, 0.29) is 5.78 Å². The van der Waals surface area contributed by atoms with Crippen LogP contribution >= 0.6 is 0 Å². The first-order valence-corrected chi connectivity index (χ1v) is 6.86. The Bertz CT molecular complexity index is 874. The summed E-state index contributed by atoms with van der Waals surface area (Å²) in [6, 6.07) is 15.4. The minimum absolute atomic E-state index is 0.0436. The lowest BCUT2D eigenvalue weighted by atomic mass is 9.98. The van der Waals surface area contributed by atoms with Crippen LogP contribution in [0.3, 0.4) is 0 Å². The van der Waals surface area contributed by atoms with E-state index >= 15 is 0 Å². The maximum atomic E-state index is 12.5. The second-order valence-corrected chi connectivity index (χ2v) is 5.07. The summed E-state index contributed by atoms with van der Waals surface area (Å²) in [5.41, 5.74) is 3.39. The molecule has 0 atom stereocenters. The number of aromatic nitrogens is 1. The zero-order valence-electron chi connectivity index (χ0n) is 11.3. The monoisotopic (exact) mass is 275 g/mol. The molecule has 2 aromatic carbocycles. The lowest BCUT2D eigenvalue weighted by Gasteiger charge is -2.18. The fourth-order valence-corrected chi connectivity index (χ4v) is 2.68. The molecule has 3 aromatic rings. The van der Waals surface area contributed by atoms with E-state index in [0.717, 1.165) is 16.5 Å². The average Bonchev–Trinajstić information content (AvgIpc) is 2.94. The molecule has 0 bridgehead atoms. The summed E-state index contributed by atoms with van der Waals surface area (Å²) < 4.78 is 5.67. The number of aromatic amines is 1. The molecule has 21 heavy (non-hydrogen) atoms. The Morgan fingerprint density at radius 1 is 1.05 bits per heavy atom. The second-order valence-electron chi connectivity index (χ2n) is 5.07. The number of hydrogen-bond donors (Lipinski definition) is 1. The normalized spacial score (nSPS) is 16.0. The van der Waals surface area contributed by atoms with E-state index in [0.29, 0.717) is 23.5 Å². The van der Waals surface area contributed by atoms with E-state index in [9.17, 15) is 4.79 Å². The Morgan fingerprint density at radius 3 is 2.81 bits per heavy atom. The molecule has 1 aromatic heterocycles. The van der Waals surface area contributed by atoms with Gasteiger partial charge in [-0.3, -0.25) is 4.79 Å². The molecule has 0 radical (unpaired) electrons. The van der Waals surface area contributed by atoms with Gasteiger partial charge in [-0.2, -0.15) is 0 Å². The van der Waals surface area contributed by atoms with Crippen molar-refractivity contribution in [2.75, 3.05) is 6.61 Å². The van der Waals surface area contributed by atoms with E-state index < -0.39 is 0 Å². The maximum Gasteiger partial charge on any atom is 0.196 e. The summed E-state index contributed by atoms with van der Waals surface area (Å²) in [6.07, 6.45) is 3.84. The summed E-state index contributed by atoms with van der Waals surface area (Å²) in [6.45, 7) is 0.315.